The van der Waals surface area contributed by atoms with Crippen molar-refractivity contribution in [3.8, 4) is 0 Å². The van der Waals surface area contributed by atoms with Crippen molar-refractivity contribution in [3.63, 3.8) is 0 Å². The number of amides is 2. The Morgan fingerprint density at radius 3 is 1.94 bits per heavy atom. The van der Waals surface area contributed by atoms with Crippen molar-refractivity contribution in [1.29, 1.82) is 0 Å². The number of anilines is 2. The summed E-state index contributed by atoms with van der Waals surface area (Å²) in [7, 11) is -1.15. The molecule has 0 saturated heterocycles. The first kappa shape index (κ1) is 21.0. The lowest BCUT2D eigenvalue weighted by molar-refractivity contribution is 0.182. The molecule has 7 nitrogen and oxygen atoms in total. The first-order valence-electron chi connectivity index (χ1n) is 9.66. The van der Waals surface area contributed by atoms with Crippen LogP contribution in [0.2, 0.25) is 0 Å². The molecule has 0 radical (unpaired) electrons. The van der Waals surface area contributed by atoms with Gasteiger partial charge in [-0.2, -0.15) is 10.1 Å². The average Bonchev–Trinajstić information content (AvgIpc) is 2.84. The van der Waals surface area contributed by atoms with E-state index in [0.29, 0.717) is 16.9 Å². The molecule has 3 aromatic carbocycles. The van der Waals surface area contributed by atoms with Gasteiger partial charge in [-0.15, -0.1) is 0 Å². The molecule has 1 aliphatic heterocycles. The van der Waals surface area contributed by atoms with Gasteiger partial charge in [0.1, 0.15) is 0 Å². The third-order valence-corrected chi connectivity index (χ3v) is 7.17. The van der Waals surface area contributed by atoms with Gasteiger partial charge in [-0.3, -0.25) is 9.46 Å². The Hall–Kier alpha value is -3.25. The summed E-state index contributed by atoms with van der Waals surface area (Å²) in [5.41, 5.74) is 2.68. The van der Waals surface area contributed by atoms with E-state index < -0.39 is 19.4 Å². The third kappa shape index (κ3) is 3.91. The highest BCUT2D eigenvalue weighted by Crippen LogP contribution is 2.62. The van der Waals surface area contributed by atoms with E-state index in [0.717, 1.165) is 5.56 Å². The second-order valence-electron chi connectivity index (χ2n) is 6.79. The van der Waals surface area contributed by atoms with Gasteiger partial charge in [0.15, 0.2) is 5.78 Å². The Balaban J connectivity index is 1.85. The van der Waals surface area contributed by atoms with Crippen molar-refractivity contribution in [2.24, 2.45) is 5.10 Å². The van der Waals surface area contributed by atoms with Gasteiger partial charge in [-0.05, 0) is 29.8 Å². The fourth-order valence-electron chi connectivity index (χ4n) is 3.54. The van der Waals surface area contributed by atoms with E-state index in [9.17, 15) is 9.36 Å². The summed E-state index contributed by atoms with van der Waals surface area (Å²) in [5.74, 6) is -1.04. The molecule has 0 bridgehead atoms. The monoisotopic (exact) mass is 435 g/mol. The number of hydrazone groups is 1. The number of urea groups is 1. The predicted octanol–water partition coefficient (Wildman–Crippen LogP) is 5.78. The van der Waals surface area contributed by atoms with Crippen LogP contribution < -0.4 is 4.90 Å². The van der Waals surface area contributed by atoms with Gasteiger partial charge in [0, 0.05) is 19.8 Å². The van der Waals surface area contributed by atoms with Gasteiger partial charge in [0.2, 0.25) is 0 Å². The van der Waals surface area contributed by atoms with Gasteiger partial charge in [-0.25, -0.2) is 4.79 Å². The molecule has 4 rings (SSSR count). The van der Waals surface area contributed by atoms with E-state index in [4.69, 9.17) is 9.05 Å². The molecule has 0 N–H and O–H groups in total. The van der Waals surface area contributed by atoms with Crippen LogP contribution in [0.1, 0.15) is 16.9 Å². The van der Waals surface area contributed by atoms with Crippen LogP contribution in [0.5, 0.6) is 0 Å². The van der Waals surface area contributed by atoms with Crippen LogP contribution in [0.15, 0.2) is 90.0 Å². The second kappa shape index (κ2) is 8.86. The number of fused-ring (bicyclic) bond motifs is 1. The number of rotatable bonds is 5. The van der Waals surface area contributed by atoms with Gasteiger partial charge in [0.25, 0.3) is 0 Å². The molecular weight excluding hydrogens is 413 g/mol. The normalized spacial score (nSPS) is 15.4. The Labute approximate surface area is 181 Å². The zero-order chi connectivity index (χ0) is 21.8. The molecule has 1 atom stereocenters. The lowest BCUT2D eigenvalue weighted by Gasteiger charge is -2.37. The third-order valence-electron chi connectivity index (χ3n) is 5.05. The highest BCUT2D eigenvalue weighted by Gasteiger charge is 2.46. The van der Waals surface area contributed by atoms with Crippen molar-refractivity contribution < 1.29 is 18.4 Å². The molecule has 0 fully saturated rings. The minimum atomic E-state index is -3.76. The molecule has 2 amide bonds. The largest absolute Gasteiger partial charge is 0.359 e. The van der Waals surface area contributed by atoms with Crippen LogP contribution in [-0.2, 0) is 13.6 Å². The molecule has 0 aliphatic carbocycles. The number of hydrogen-bond acceptors (Lipinski definition) is 5. The number of para-hydroxylation sites is 2. The topological polar surface area (TPSA) is 71.4 Å². The van der Waals surface area contributed by atoms with Crippen molar-refractivity contribution in [2.75, 3.05) is 19.1 Å². The molecule has 1 aliphatic rings. The van der Waals surface area contributed by atoms with Crippen molar-refractivity contribution >= 4 is 31.2 Å². The van der Waals surface area contributed by atoms with E-state index in [1.54, 1.807) is 12.3 Å². The van der Waals surface area contributed by atoms with Crippen molar-refractivity contribution in [1.82, 2.24) is 5.01 Å². The Kier molecular flexibility index (Phi) is 6.00. The summed E-state index contributed by atoms with van der Waals surface area (Å²) < 4.78 is 24.2. The fraction of sp³-hybridized carbons (Fsp3) is 0.130. The summed E-state index contributed by atoms with van der Waals surface area (Å²) in [6.45, 7) is 0. The maximum Gasteiger partial charge on any atom is 0.359 e. The lowest BCUT2D eigenvalue weighted by atomic mass is 10.1. The number of carbonyl (C=O) groups excluding carboxylic acids is 1. The second-order valence-corrected chi connectivity index (χ2v) is 9.08. The zero-order valence-electron chi connectivity index (χ0n) is 17.2. The van der Waals surface area contributed by atoms with E-state index in [-0.39, 0.29) is 0 Å². The Bertz CT molecular complexity index is 1090. The average molecular weight is 435 g/mol. The minimum absolute atomic E-state index is 0.484. The van der Waals surface area contributed by atoms with E-state index >= 15 is 0 Å². The molecule has 158 valence electrons. The van der Waals surface area contributed by atoms with E-state index in [1.165, 1.54) is 24.1 Å². The molecule has 0 saturated carbocycles. The summed E-state index contributed by atoms with van der Waals surface area (Å²) in [6, 6.07) is 25.3. The predicted molar refractivity (Wildman–Crippen MR) is 121 cm³/mol. The summed E-state index contributed by atoms with van der Waals surface area (Å²) >= 11 is 0. The molecular formula is C23H22N3O4P. The first-order chi connectivity index (χ1) is 15.1. The van der Waals surface area contributed by atoms with Crippen LogP contribution in [-0.4, -0.2) is 31.5 Å². The molecule has 1 heterocycles. The smallest absolute Gasteiger partial charge is 0.310 e. The SMILES string of the molecule is COP(=O)(OC)[C@H]1c2ccccc2C=NN1C(=O)N(c1ccccc1)c1ccccc1. The summed E-state index contributed by atoms with van der Waals surface area (Å²) in [5, 5.41) is 5.55. The Morgan fingerprint density at radius 1 is 0.871 bits per heavy atom. The highest BCUT2D eigenvalue weighted by molar-refractivity contribution is 7.54. The maximum absolute atomic E-state index is 13.9. The zero-order valence-corrected chi connectivity index (χ0v) is 18.1. The summed E-state index contributed by atoms with van der Waals surface area (Å²) in [4.78, 5) is 15.4. The number of benzene rings is 3. The lowest BCUT2D eigenvalue weighted by Crippen LogP contribution is -2.42. The van der Waals surface area contributed by atoms with Crippen LogP contribution in [0.25, 0.3) is 0 Å². The van der Waals surface area contributed by atoms with Gasteiger partial charge in [-0.1, -0.05) is 60.7 Å². The summed E-state index contributed by atoms with van der Waals surface area (Å²) in [6.07, 6.45) is 1.58. The van der Waals surface area contributed by atoms with Crippen LogP contribution in [0.3, 0.4) is 0 Å². The quantitative estimate of drug-likeness (QED) is 0.477. The molecule has 0 aromatic heterocycles. The standard InChI is InChI=1S/C23H22N3O4P/c1-29-31(28,30-2)22-21-16-10-9-11-18(21)17-24-26(22)23(27)25(19-12-5-3-6-13-19)20-14-7-4-8-15-20/h3-17,22H,1-2H3/t22-/m0/s1. The maximum atomic E-state index is 13.9. The van der Waals surface area contributed by atoms with Gasteiger partial charge < -0.3 is 9.05 Å². The number of carbonyl (C=O) groups is 1. The van der Waals surface area contributed by atoms with Crippen molar-refractivity contribution in [3.05, 3.63) is 96.1 Å². The van der Waals surface area contributed by atoms with E-state index in [1.807, 2.05) is 78.9 Å². The van der Waals surface area contributed by atoms with Crippen LogP contribution in [0.4, 0.5) is 16.2 Å². The first-order valence-corrected chi connectivity index (χ1v) is 11.3. The highest BCUT2D eigenvalue weighted by atomic mass is 31.2. The number of hydrogen-bond donors (Lipinski definition) is 0. The van der Waals surface area contributed by atoms with Crippen molar-refractivity contribution in [2.45, 2.75) is 5.78 Å². The van der Waals surface area contributed by atoms with E-state index in [2.05, 4.69) is 5.10 Å². The molecule has 0 spiro atoms. The van der Waals surface area contributed by atoms with Crippen LogP contribution in [0, 0.1) is 0 Å². The molecule has 0 unspecified atom stereocenters. The number of nitrogens with zero attached hydrogens (tertiary/aromatic N) is 3. The van der Waals surface area contributed by atoms with Crippen LogP contribution >= 0.6 is 7.60 Å². The minimum Gasteiger partial charge on any atom is -0.310 e. The molecule has 3 aromatic rings. The fourth-order valence-corrected chi connectivity index (χ4v) is 5.09. The Morgan fingerprint density at radius 2 is 1.39 bits per heavy atom. The molecule has 31 heavy (non-hydrogen) atoms. The molecule has 8 heteroatoms. The van der Waals surface area contributed by atoms with Gasteiger partial charge >= 0.3 is 13.6 Å². The van der Waals surface area contributed by atoms with Gasteiger partial charge in [0.05, 0.1) is 17.6 Å².